The number of para-hydroxylation sites is 1. The smallest absolute Gasteiger partial charge is 0.305 e. The number of benzene rings is 1. The number of aromatic hydroxyl groups is 1. The molecule has 2 aromatic heterocycles. The van der Waals surface area contributed by atoms with Crippen LogP contribution >= 0.6 is 11.3 Å². The Labute approximate surface area is 143 Å². The van der Waals surface area contributed by atoms with E-state index in [1.165, 1.54) is 28.2 Å². The van der Waals surface area contributed by atoms with E-state index in [1.54, 1.807) is 0 Å². The molecule has 0 aliphatic heterocycles. The zero-order valence-electron chi connectivity index (χ0n) is 13.2. The molecule has 0 fully saturated rings. The highest BCUT2D eigenvalue weighted by atomic mass is 32.1. The van der Waals surface area contributed by atoms with Crippen molar-refractivity contribution in [3.05, 3.63) is 45.6 Å². The second kappa shape index (κ2) is 5.87. The third-order valence-corrected chi connectivity index (χ3v) is 5.67. The van der Waals surface area contributed by atoms with Crippen LogP contribution in [0.2, 0.25) is 0 Å². The summed E-state index contributed by atoms with van der Waals surface area (Å²) in [5.74, 6) is 0.235. The van der Waals surface area contributed by atoms with Gasteiger partial charge < -0.3 is 10.1 Å². The van der Waals surface area contributed by atoms with Crippen LogP contribution in [0.1, 0.15) is 33.5 Å². The molecular formula is C18H17N3O2S. The SMILES string of the molecule is CC1CCc2sc(C(=O)N=Nc3c(O)[nH]c4ccccc34)cc2C1. The second-order valence-corrected chi connectivity index (χ2v) is 7.42. The van der Waals surface area contributed by atoms with E-state index in [9.17, 15) is 9.90 Å². The Morgan fingerprint density at radius 2 is 2.21 bits per heavy atom. The summed E-state index contributed by atoms with van der Waals surface area (Å²) in [7, 11) is 0. The Morgan fingerprint density at radius 3 is 3.08 bits per heavy atom. The average molecular weight is 339 g/mol. The number of H-pyrrole nitrogens is 1. The maximum atomic E-state index is 12.3. The molecule has 2 heterocycles. The monoisotopic (exact) mass is 339 g/mol. The third-order valence-electron chi connectivity index (χ3n) is 4.44. The van der Waals surface area contributed by atoms with Crippen molar-refractivity contribution in [1.82, 2.24) is 4.98 Å². The van der Waals surface area contributed by atoms with Crippen LogP contribution in [0.4, 0.5) is 5.69 Å². The Kier molecular flexibility index (Phi) is 3.69. The summed E-state index contributed by atoms with van der Waals surface area (Å²) in [6.45, 7) is 2.24. The van der Waals surface area contributed by atoms with Gasteiger partial charge in [-0.15, -0.1) is 21.6 Å². The number of azo groups is 1. The summed E-state index contributed by atoms with van der Waals surface area (Å²) in [5, 5.41) is 18.5. The number of carbonyl (C=O) groups excluding carboxylic acids is 1. The van der Waals surface area contributed by atoms with E-state index in [-0.39, 0.29) is 11.8 Å². The molecule has 0 saturated heterocycles. The summed E-state index contributed by atoms with van der Waals surface area (Å²) >= 11 is 1.52. The second-order valence-electron chi connectivity index (χ2n) is 6.28. The van der Waals surface area contributed by atoms with Crippen molar-refractivity contribution in [3.8, 4) is 5.88 Å². The maximum absolute atomic E-state index is 12.3. The number of thiophene rings is 1. The van der Waals surface area contributed by atoms with Crippen LogP contribution in [0.15, 0.2) is 40.6 Å². The molecule has 122 valence electrons. The predicted octanol–water partition coefficient (Wildman–Crippen LogP) is 4.98. The quantitative estimate of drug-likeness (QED) is 0.646. The standard InChI is InChI=1S/C18H17N3O2S/c1-10-6-7-14-11(8-10)9-15(24-14)17(22)21-20-16-12-4-2-3-5-13(12)19-18(16)23/h2-5,9-10,19,23H,6-8H2,1H3. The van der Waals surface area contributed by atoms with Gasteiger partial charge >= 0.3 is 5.91 Å². The molecule has 24 heavy (non-hydrogen) atoms. The molecular weight excluding hydrogens is 322 g/mol. The van der Waals surface area contributed by atoms with Crippen molar-refractivity contribution in [2.45, 2.75) is 26.2 Å². The minimum Gasteiger partial charge on any atom is -0.493 e. The predicted molar refractivity (Wildman–Crippen MR) is 94.3 cm³/mol. The lowest BCUT2D eigenvalue weighted by atomic mass is 9.90. The molecule has 1 amide bonds. The summed E-state index contributed by atoms with van der Waals surface area (Å²) in [6.07, 6.45) is 3.24. The van der Waals surface area contributed by atoms with E-state index in [2.05, 4.69) is 22.1 Å². The van der Waals surface area contributed by atoms with Gasteiger partial charge in [0.1, 0.15) is 0 Å². The van der Waals surface area contributed by atoms with Crippen molar-refractivity contribution in [2.75, 3.05) is 0 Å². The van der Waals surface area contributed by atoms with Crippen molar-refractivity contribution in [1.29, 1.82) is 0 Å². The number of hydrogen-bond donors (Lipinski definition) is 2. The number of nitrogens with zero attached hydrogens (tertiary/aromatic N) is 2. The van der Waals surface area contributed by atoms with Crippen LogP contribution in [-0.4, -0.2) is 16.0 Å². The number of carbonyl (C=O) groups is 1. The number of fused-ring (bicyclic) bond motifs is 2. The summed E-state index contributed by atoms with van der Waals surface area (Å²) in [5.41, 5.74) is 2.33. The third kappa shape index (κ3) is 2.63. The van der Waals surface area contributed by atoms with E-state index in [0.29, 0.717) is 16.5 Å². The molecule has 0 bridgehead atoms. The Hall–Kier alpha value is -2.47. The summed E-state index contributed by atoms with van der Waals surface area (Å²) < 4.78 is 0. The number of aromatic amines is 1. The van der Waals surface area contributed by atoms with Crippen molar-refractivity contribution in [2.24, 2.45) is 16.1 Å². The number of aryl methyl sites for hydroxylation is 1. The van der Waals surface area contributed by atoms with Gasteiger partial charge in [-0.05, 0) is 42.9 Å². The summed E-state index contributed by atoms with van der Waals surface area (Å²) in [6, 6.07) is 9.33. The first kappa shape index (κ1) is 15.1. The van der Waals surface area contributed by atoms with E-state index in [4.69, 9.17) is 0 Å². The van der Waals surface area contributed by atoms with Crippen molar-refractivity contribution < 1.29 is 9.90 Å². The van der Waals surface area contributed by atoms with Gasteiger partial charge in [0.05, 0.1) is 10.4 Å². The van der Waals surface area contributed by atoms with Gasteiger partial charge in [0.15, 0.2) is 5.69 Å². The molecule has 1 atom stereocenters. The van der Waals surface area contributed by atoms with Gasteiger partial charge in [0, 0.05) is 10.3 Å². The van der Waals surface area contributed by atoms with Crippen LogP contribution in [0.25, 0.3) is 10.9 Å². The minimum absolute atomic E-state index is 0.0768. The van der Waals surface area contributed by atoms with E-state index >= 15 is 0 Å². The fraction of sp³-hybridized carbons (Fsp3) is 0.278. The largest absolute Gasteiger partial charge is 0.493 e. The highest BCUT2D eigenvalue weighted by molar-refractivity contribution is 7.14. The lowest BCUT2D eigenvalue weighted by Gasteiger charge is -2.16. The normalized spacial score (nSPS) is 17.5. The van der Waals surface area contributed by atoms with Crippen LogP contribution in [0.5, 0.6) is 5.88 Å². The average Bonchev–Trinajstić information content (AvgIpc) is 3.12. The van der Waals surface area contributed by atoms with Crippen LogP contribution in [-0.2, 0) is 12.8 Å². The molecule has 2 N–H and O–H groups in total. The first-order chi connectivity index (χ1) is 11.6. The summed E-state index contributed by atoms with van der Waals surface area (Å²) in [4.78, 5) is 17.1. The lowest BCUT2D eigenvalue weighted by Crippen LogP contribution is -2.08. The van der Waals surface area contributed by atoms with E-state index in [0.717, 1.165) is 23.7 Å². The molecule has 0 radical (unpaired) electrons. The van der Waals surface area contributed by atoms with Gasteiger partial charge in [-0.3, -0.25) is 4.79 Å². The molecule has 5 nitrogen and oxygen atoms in total. The molecule has 3 aromatic rings. The topological polar surface area (TPSA) is 77.8 Å². The van der Waals surface area contributed by atoms with Crippen molar-refractivity contribution >= 4 is 33.8 Å². The molecule has 1 aromatic carbocycles. The molecule has 1 aliphatic rings. The van der Waals surface area contributed by atoms with E-state index in [1.807, 2.05) is 30.3 Å². The first-order valence-electron chi connectivity index (χ1n) is 7.99. The lowest BCUT2D eigenvalue weighted by molar-refractivity contribution is 0.0999. The van der Waals surface area contributed by atoms with Gasteiger partial charge in [-0.2, -0.15) is 0 Å². The molecule has 0 spiro atoms. The Balaban J connectivity index is 1.62. The minimum atomic E-state index is -0.355. The van der Waals surface area contributed by atoms with Crippen LogP contribution in [0.3, 0.4) is 0 Å². The van der Waals surface area contributed by atoms with E-state index < -0.39 is 0 Å². The number of amides is 1. The zero-order valence-corrected chi connectivity index (χ0v) is 14.1. The zero-order chi connectivity index (χ0) is 16.7. The highest BCUT2D eigenvalue weighted by Crippen LogP contribution is 2.36. The van der Waals surface area contributed by atoms with Gasteiger partial charge in [-0.1, -0.05) is 25.1 Å². The molecule has 6 heteroatoms. The molecule has 0 saturated carbocycles. The van der Waals surface area contributed by atoms with Gasteiger partial charge in [0.2, 0.25) is 5.88 Å². The first-order valence-corrected chi connectivity index (χ1v) is 8.81. The van der Waals surface area contributed by atoms with Crippen molar-refractivity contribution in [3.63, 3.8) is 0 Å². The van der Waals surface area contributed by atoms with Crippen LogP contribution < -0.4 is 0 Å². The number of aromatic nitrogens is 1. The maximum Gasteiger partial charge on any atom is 0.305 e. The molecule has 1 aliphatic carbocycles. The van der Waals surface area contributed by atoms with Gasteiger partial charge in [0.25, 0.3) is 0 Å². The fourth-order valence-electron chi connectivity index (χ4n) is 3.17. The fourth-order valence-corrected chi connectivity index (χ4v) is 4.26. The Bertz CT molecular complexity index is 954. The number of rotatable bonds is 2. The Morgan fingerprint density at radius 1 is 1.38 bits per heavy atom. The van der Waals surface area contributed by atoms with Gasteiger partial charge in [-0.25, -0.2) is 0 Å². The van der Waals surface area contributed by atoms with Crippen LogP contribution in [0, 0.1) is 5.92 Å². The molecule has 1 unspecified atom stereocenters. The number of nitrogens with one attached hydrogen (secondary N) is 1. The highest BCUT2D eigenvalue weighted by Gasteiger charge is 2.20. The molecule has 4 rings (SSSR count). The number of hydrogen-bond acceptors (Lipinski definition) is 4.